The Balaban J connectivity index is 1.79. The molecule has 7 nitrogen and oxygen atoms in total. The van der Waals surface area contributed by atoms with Crippen LogP contribution in [0.25, 0.3) is 0 Å². The van der Waals surface area contributed by atoms with Gasteiger partial charge in [0.1, 0.15) is 0 Å². The molecule has 0 aromatic heterocycles. The van der Waals surface area contributed by atoms with Crippen LogP contribution in [0.15, 0.2) is 47.6 Å². The Bertz CT molecular complexity index is 834. The zero-order valence-corrected chi connectivity index (χ0v) is 15.6. The van der Waals surface area contributed by atoms with Gasteiger partial charge in [0.2, 0.25) is 11.8 Å². The monoisotopic (exact) mass is 369 g/mol. The first kappa shape index (κ1) is 20.0. The van der Waals surface area contributed by atoms with Crippen molar-refractivity contribution >= 4 is 23.7 Å². The van der Waals surface area contributed by atoms with E-state index in [-0.39, 0.29) is 24.7 Å². The molecule has 0 aliphatic heterocycles. The lowest BCUT2D eigenvalue weighted by atomic mass is 10.2. The van der Waals surface area contributed by atoms with E-state index in [9.17, 15) is 9.59 Å². The Morgan fingerprint density at radius 1 is 1.00 bits per heavy atom. The Morgan fingerprint density at radius 3 is 2.41 bits per heavy atom. The van der Waals surface area contributed by atoms with E-state index in [1.54, 1.807) is 32.4 Å². The second-order valence-electron chi connectivity index (χ2n) is 5.77. The van der Waals surface area contributed by atoms with Crippen LogP contribution < -0.4 is 20.2 Å². The summed E-state index contributed by atoms with van der Waals surface area (Å²) < 4.78 is 10.4. The van der Waals surface area contributed by atoms with Crippen LogP contribution in [0.1, 0.15) is 24.0 Å². The van der Waals surface area contributed by atoms with Crippen molar-refractivity contribution in [3.8, 4) is 11.5 Å². The number of hydrogen-bond acceptors (Lipinski definition) is 5. The van der Waals surface area contributed by atoms with Gasteiger partial charge in [-0.15, -0.1) is 0 Å². The standard InChI is InChI=1S/C20H23N3O4/c1-14-6-4-5-7-16(14)22-19(24)10-11-20(25)23-21-13-15-8-9-17(26-2)18(12-15)27-3/h4-9,12-13H,10-11H2,1-3H3,(H,22,24)(H,23,25)/b21-13+. The smallest absolute Gasteiger partial charge is 0.240 e. The molecule has 0 bridgehead atoms. The lowest BCUT2D eigenvalue weighted by Crippen LogP contribution is -2.20. The third kappa shape index (κ3) is 6.14. The molecular formula is C20H23N3O4. The first-order valence-corrected chi connectivity index (χ1v) is 8.43. The van der Waals surface area contributed by atoms with E-state index in [2.05, 4.69) is 15.8 Å². The van der Waals surface area contributed by atoms with E-state index in [1.165, 1.54) is 6.21 Å². The molecule has 0 fully saturated rings. The van der Waals surface area contributed by atoms with Gasteiger partial charge in [0.15, 0.2) is 11.5 Å². The second-order valence-corrected chi connectivity index (χ2v) is 5.77. The minimum Gasteiger partial charge on any atom is -0.493 e. The summed E-state index contributed by atoms with van der Waals surface area (Å²) in [6.07, 6.45) is 1.61. The Hall–Kier alpha value is -3.35. The van der Waals surface area contributed by atoms with Gasteiger partial charge in [-0.2, -0.15) is 5.10 Å². The number of anilines is 1. The average molecular weight is 369 g/mol. The number of ether oxygens (including phenoxy) is 2. The number of benzene rings is 2. The van der Waals surface area contributed by atoms with Crippen LogP contribution in [0.4, 0.5) is 5.69 Å². The van der Waals surface area contributed by atoms with Gasteiger partial charge in [-0.3, -0.25) is 9.59 Å². The van der Waals surface area contributed by atoms with Crippen LogP contribution >= 0.6 is 0 Å². The van der Waals surface area contributed by atoms with E-state index in [0.717, 1.165) is 16.8 Å². The highest BCUT2D eigenvalue weighted by molar-refractivity contribution is 5.94. The number of nitrogens with zero attached hydrogens (tertiary/aromatic N) is 1. The highest BCUT2D eigenvalue weighted by atomic mass is 16.5. The molecule has 2 rings (SSSR count). The molecule has 0 spiro atoms. The number of aryl methyl sites for hydroxylation is 1. The van der Waals surface area contributed by atoms with Crippen molar-refractivity contribution in [1.29, 1.82) is 0 Å². The number of carbonyl (C=O) groups is 2. The maximum absolute atomic E-state index is 11.9. The fourth-order valence-corrected chi connectivity index (χ4v) is 2.32. The van der Waals surface area contributed by atoms with E-state index < -0.39 is 0 Å². The van der Waals surface area contributed by atoms with E-state index >= 15 is 0 Å². The average Bonchev–Trinajstić information content (AvgIpc) is 2.68. The number of nitrogens with one attached hydrogen (secondary N) is 2. The number of hydrazone groups is 1. The number of rotatable bonds is 8. The maximum Gasteiger partial charge on any atom is 0.240 e. The Kier molecular flexibility index (Phi) is 7.37. The van der Waals surface area contributed by atoms with Crippen LogP contribution in [-0.4, -0.2) is 32.2 Å². The van der Waals surface area contributed by atoms with Crippen LogP contribution in [0.5, 0.6) is 11.5 Å². The van der Waals surface area contributed by atoms with Crippen LogP contribution in [0.2, 0.25) is 0 Å². The van der Waals surface area contributed by atoms with Crippen molar-refractivity contribution in [3.05, 3.63) is 53.6 Å². The van der Waals surface area contributed by atoms with Gasteiger partial charge < -0.3 is 14.8 Å². The lowest BCUT2D eigenvalue weighted by molar-refractivity contribution is -0.124. The molecule has 2 amide bonds. The summed E-state index contributed by atoms with van der Waals surface area (Å²) in [6.45, 7) is 1.91. The first-order chi connectivity index (χ1) is 13.0. The van der Waals surface area contributed by atoms with E-state index in [4.69, 9.17) is 9.47 Å². The molecule has 2 N–H and O–H groups in total. The summed E-state index contributed by atoms with van der Waals surface area (Å²) >= 11 is 0. The quantitative estimate of drug-likeness (QED) is 0.553. The van der Waals surface area contributed by atoms with Crippen molar-refractivity contribution in [3.63, 3.8) is 0 Å². The molecule has 2 aromatic carbocycles. The van der Waals surface area contributed by atoms with Crippen LogP contribution in [-0.2, 0) is 9.59 Å². The molecule has 142 valence electrons. The SMILES string of the molecule is COc1ccc(/C=N/NC(=O)CCC(=O)Nc2ccccc2C)cc1OC. The zero-order chi connectivity index (χ0) is 19.6. The van der Waals surface area contributed by atoms with Gasteiger partial charge in [0, 0.05) is 18.5 Å². The molecule has 27 heavy (non-hydrogen) atoms. The van der Waals surface area contributed by atoms with Crippen molar-refractivity contribution in [2.45, 2.75) is 19.8 Å². The van der Waals surface area contributed by atoms with Crippen molar-refractivity contribution < 1.29 is 19.1 Å². The third-order valence-electron chi connectivity index (χ3n) is 3.81. The van der Waals surface area contributed by atoms with Crippen molar-refractivity contribution in [1.82, 2.24) is 5.43 Å². The predicted molar refractivity (Wildman–Crippen MR) is 104 cm³/mol. The number of carbonyl (C=O) groups excluding carboxylic acids is 2. The molecule has 0 radical (unpaired) electrons. The van der Waals surface area contributed by atoms with Gasteiger partial charge in [-0.05, 0) is 42.3 Å². The Labute approximate surface area is 158 Å². The molecular weight excluding hydrogens is 346 g/mol. The minimum absolute atomic E-state index is 0.0426. The van der Waals surface area contributed by atoms with Crippen LogP contribution in [0.3, 0.4) is 0 Å². The lowest BCUT2D eigenvalue weighted by Gasteiger charge is -2.08. The van der Waals surface area contributed by atoms with E-state index in [1.807, 2.05) is 31.2 Å². The van der Waals surface area contributed by atoms with E-state index in [0.29, 0.717) is 11.5 Å². The van der Waals surface area contributed by atoms with Gasteiger partial charge in [-0.1, -0.05) is 18.2 Å². The largest absolute Gasteiger partial charge is 0.493 e. The third-order valence-corrected chi connectivity index (χ3v) is 3.81. The predicted octanol–water partition coefficient (Wildman–Crippen LogP) is 2.88. The van der Waals surface area contributed by atoms with Gasteiger partial charge in [-0.25, -0.2) is 5.43 Å². The van der Waals surface area contributed by atoms with Gasteiger partial charge in [0.05, 0.1) is 20.4 Å². The summed E-state index contributed by atoms with van der Waals surface area (Å²) in [5.74, 6) is 0.619. The fraction of sp³-hybridized carbons (Fsp3) is 0.250. The summed E-state index contributed by atoms with van der Waals surface area (Å²) in [7, 11) is 3.10. The van der Waals surface area contributed by atoms with Crippen LogP contribution in [0, 0.1) is 6.92 Å². The fourth-order valence-electron chi connectivity index (χ4n) is 2.32. The highest BCUT2D eigenvalue weighted by Crippen LogP contribution is 2.26. The van der Waals surface area contributed by atoms with Gasteiger partial charge >= 0.3 is 0 Å². The molecule has 7 heteroatoms. The van der Waals surface area contributed by atoms with Gasteiger partial charge in [0.25, 0.3) is 0 Å². The summed E-state index contributed by atoms with van der Waals surface area (Å²) in [6, 6.07) is 12.7. The molecule has 2 aromatic rings. The minimum atomic E-state index is -0.341. The first-order valence-electron chi connectivity index (χ1n) is 8.43. The highest BCUT2D eigenvalue weighted by Gasteiger charge is 2.08. The summed E-state index contributed by atoms with van der Waals surface area (Å²) in [4.78, 5) is 23.8. The summed E-state index contributed by atoms with van der Waals surface area (Å²) in [5, 5.41) is 6.68. The number of para-hydroxylation sites is 1. The molecule has 0 aliphatic carbocycles. The topological polar surface area (TPSA) is 89.0 Å². The maximum atomic E-state index is 11.9. The molecule has 0 atom stereocenters. The number of amides is 2. The molecule has 0 unspecified atom stereocenters. The molecule has 0 saturated carbocycles. The van der Waals surface area contributed by atoms with Crippen molar-refractivity contribution in [2.24, 2.45) is 5.10 Å². The number of methoxy groups -OCH3 is 2. The molecule has 0 aliphatic rings. The number of hydrogen-bond donors (Lipinski definition) is 2. The summed E-state index contributed by atoms with van der Waals surface area (Å²) in [5.41, 5.74) is 4.86. The second kappa shape index (κ2) is 9.96. The molecule has 0 heterocycles. The normalized spacial score (nSPS) is 10.5. The van der Waals surface area contributed by atoms with Crippen molar-refractivity contribution in [2.75, 3.05) is 19.5 Å². The molecule has 0 saturated heterocycles. The Morgan fingerprint density at radius 2 is 1.70 bits per heavy atom. The zero-order valence-electron chi connectivity index (χ0n) is 15.6.